The van der Waals surface area contributed by atoms with Crippen LogP contribution in [0.2, 0.25) is 5.02 Å². The van der Waals surface area contributed by atoms with Crippen LogP contribution in [0.5, 0.6) is 0 Å². The number of hydrogen-bond donors (Lipinski definition) is 1. The molecule has 33 heavy (non-hydrogen) atoms. The van der Waals surface area contributed by atoms with Gasteiger partial charge in [-0.1, -0.05) is 52.6 Å². The second-order valence-corrected chi connectivity index (χ2v) is 9.38. The number of carbonyl (C=O) groups excluding carboxylic acids is 1. The van der Waals surface area contributed by atoms with Crippen LogP contribution in [0, 0.1) is 0 Å². The van der Waals surface area contributed by atoms with Crippen molar-refractivity contribution in [3.8, 4) is 11.4 Å². The number of nitrogens with two attached hydrogens (primary N) is 1. The number of nitrogens with zero attached hydrogens (tertiary/aromatic N) is 3. The Morgan fingerprint density at radius 3 is 2.61 bits per heavy atom. The Kier molecular flexibility index (Phi) is 7.52. The van der Waals surface area contributed by atoms with Crippen molar-refractivity contribution in [1.82, 2.24) is 10.1 Å². The first kappa shape index (κ1) is 24.4. The molecule has 9 nitrogen and oxygen atoms in total. The summed E-state index contributed by atoms with van der Waals surface area (Å²) >= 11 is 12.6. The monoisotopic (exact) mass is 508 g/mol. The highest BCUT2D eigenvalue weighted by Crippen LogP contribution is 2.28. The largest absolute Gasteiger partial charge is 0.461 e. The molecule has 3 aromatic rings. The highest BCUT2D eigenvalue weighted by atomic mass is 35.5. The molecule has 0 aliphatic carbocycles. The molecule has 0 bridgehead atoms. The lowest BCUT2D eigenvalue weighted by Gasteiger charge is -2.07. The fourth-order valence-corrected chi connectivity index (χ4v) is 3.63. The van der Waals surface area contributed by atoms with Gasteiger partial charge in [-0.3, -0.25) is 0 Å². The number of rotatable bonds is 7. The topological polar surface area (TPSA) is 138 Å². The zero-order valence-electron chi connectivity index (χ0n) is 17.5. The number of carbonyl (C=O) groups is 1. The number of para-hydroxylation sites is 1. The third-order valence-electron chi connectivity index (χ3n) is 4.17. The van der Waals surface area contributed by atoms with Gasteiger partial charge in [0, 0.05) is 11.8 Å². The molecule has 0 saturated carbocycles. The van der Waals surface area contributed by atoms with Crippen molar-refractivity contribution in [3.05, 3.63) is 70.2 Å². The normalized spacial score (nSPS) is 12.9. The molecule has 0 atom stereocenters. The maximum Gasteiger partial charge on any atom is 0.355 e. The zero-order chi connectivity index (χ0) is 24.2. The van der Waals surface area contributed by atoms with E-state index in [9.17, 15) is 13.2 Å². The number of benzene rings is 2. The third kappa shape index (κ3) is 5.78. The van der Waals surface area contributed by atoms with Crippen LogP contribution in [-0.2, 0) is 19.4 Å². The van der Waals surface area contributed by atoms with Gasteiger partial charge in [0.05, 0.1) is 22.2 Å². The summed E-state index contributed by atoms with van der Waals surface area (Å²) < 4.78 is 34.0. The molecule has 0 spiro atoms. The molecule has 0 radical (unpaired) electrons. The van der Waals surface area contributed by atoms with E-state index >= 15 is 0 Å². The second kappa shape index (κ2) is 10.2. The molecular weight excluding hydrogens is 491 g/mol. The van der Waals surface area contributed by atoms with Gasteiger partial charge in [-0.15, -0.1) is 0 Å². The average Bonchev–Trinajstić information content (AvgIpc) is 3.27. The van der Waals surface area contributed by atoms with Crippen molar-refractivity contribution < 1.29 is 22.5 Å². The summed E-state index contributed by atoms with van der Waals surface area (Å²) in [5.74, 6) is -0.955. The molecule has 0 unspecified atom stereocenters. The van der Waals surface area contributed by atoms with E-state index in [0.717, 1.165) is 6.26 Å². The standard InChI is InChI=1S/C21H18Cl2N4O5S/c1-3-31-21(28)17(24)16(23)18(25-15-10-5-4-9-14(15)22)20-26-19(27-32-20)12-7-6-8-13(11-12)33(2,29)30/h4-11H,3,24H2,1-2H3/b17-16+,25-18?. The van der Waals surface area contributed by atoms with Crippen LogP contribution < -0.4 is 5.73 Å². The first-order chi connectivity index (χ1) is 15.6. The number of hydrogen-bond acceptors (Lipinski definition) is 9. The SMILES string of the molecule is CCOC(=O)/C(N)=C(\Cl)C(=Nc1ccccc1Cl)c1nc(-c2cccc(S(C)(=O)=O)c2)no1. The van der Waals surface area contributed by atoms with Crippen molar-refractivity contribution >= 4 is 50.4 Å². The van der Waals surface area contributed by atoms with Crippen LogP contribution in [0.3, 0.4) is 0 Å². The first-order valence-corrected chi connectivity index (χ1v) is 12.1. The first-order valence-electron chi connectivity index (χ1n) is 9.42. The molecule has 0 aliphatic rings. The summed E-state index contributed by atoms with van der Waals surface area (Å²) in [6.07, 6.45) is 1.09. The van der Waals surface area contributed by atoms with E-state index in [-0.39, 0.29) is 34.0 Å². The molecule has 2 N–H and O–H groups in total. The summed E-state index contributed by atoms with van der Waals surface area (Å²) in [6.45, 7) is 1.70. The summed E-state index contributed by atoms with van der Waals surface area (Å²) in [5, 5.41) is 3.90. The minimum absolute atomic E-state index is 0.0709. The van der Waals surface area contributed by atoms with Gasteiger partial charge in [0.1, 0.15) is 16.4 Å². The molecule has 172 valence electrons. The number of aliphatic imine (C=N–C) groups is 1. The summed E-state index contributed by atoms with van der Waals surface area (Å²) in [6, 6.07) is 12.6. The summed E-state index contributed by atoms with van der Waals surface area (Å²) in [5.41, 5.74) is 6.02. The third-order valence-corrected chi connectivity index (χ3v) is 5.99. The van der Waals surface area contributed by atoms with Gasteiger partial charge in [0.2, 0.25) is 5.82 Å². The second-order valence-electron chi connectivity index (χ2n) is 6.58. The molecule has 2 aromatic carbocycles. The Bertz CT molecular complexity index is 1370. The summed E-state index contributed by atoms with van der Waals surface area (Å²) in [7, 11) is -3.45. The zero-order valence-corrected chi connectivity index (χ0v) is 19.8. The predicted octanol–water partition coefficient (Wildman–Crippen LogP) is 3.89. The minimum Gasteiger partial charge on any atom is -0.461 e. The molecule has 0 aliphatic heterocycles. The van der Waals surface area contributed by atoms with E-state index in [1.807, 2.05) is 0 Å². The van der Waals surface area contributed by atoms with Crippen molar-refractivity contribution in [2.75, 3.05) is 12.9 Å². The van der Waals surface area contributed by atoms with Crippen LogP contribution in [0.25, 0.3) is 11.4 Å². The molecule has 3 rings (SSSR count). The number of sulfone groups is 1. The molecule has 0 amide bonds. The van der Waals surface area contributed by atoms with Crippen molar-refractivity contribution in [1.29, 1.82) is 0 Å². The highest BCUT2D eigenvalue weighted by molar-refractivity contribution is 7.90. The fraction of sp³-hybridized carbons (Fsp3) is 0.143. The predicted molar refractivity (Wildman–Crippen MR) is 124 cm³/mol. The van der Waals surface area contributed by atoms with E-state index < -0.39 is 21.5 Å². The van der Waals surface area contributed by atoms with Gasteiger partial charge < -0.3 is 15.0 Å². The van der Waals surface area contributed by atoms with Gasteiger partial charge in [-0.2, -0.15) is 4.98 Å². The fourth-order valence-electron chi connectivity index (χ4n) is 2.58. The van der Waals surface area contributed by atoms with Crippen LogP contribution in [0.1, 0.15) is 12.8 Å². The maximum atomic E-state index is 12.1. The molecular formula is C21H18Cl2N4O5S. The van der Waals surface area contributed by atoms with Crippen LogP contribution in [0.4, 0.5) is 5.69 Å². The highest BCUT2D eigenvalue weighted by Gasteiger charge is 2.24. The number of esters is 1. The number of halogens is 2. The Morgan fingerprint density at radius 2 is 1.94 bits per heavy atom. The van der Waals surface area contributed by atoms with E-state index in [1.54, 1.807) is 43.3 Å². The van der Waals surface area contributed by atoms with Crippen LogP contribution in [-0.4, -0.2) is 43.1 Å². The van der Waals surface area contributed by atoms with E-state index in [2.05, 4.69) is 15.1 Å². The van der Waals surface area contributed by atoms with Gasteiger partial charge in [-0.25, -0.2) is 18.2 Å². The van der Waals surface area contributed by atoms with Crippen LogP contribution in [0.15, 0.2) is 73.7 Å². The van der Waals surface area contributed by atoms with Crippen LogP contribution >= 0.6 is 23.2 Å². The van der Waals surface area contributed by atoms with Crippen molar-refractivity contribution in [2.45, 2.75) is 11.8 Å². The Balaban J connectivity index is 2.14. The minimum atomic E-state index is -3.45. The Morgan fingerprint density at radius 1 is 1.21 bits per heavy atom. The Hall–Kier alpha value is -3.21. The number of allylic oxidation sites excluding steroid dienone is 1. The lowest BCUT2D eigenvalue weighted by atomic mass is 10.2. The van der Waals surface area contributed by atoms with E-state index in [4.69, 9.17) is 38.2 Å². The van der Waals surface area contributed by atoms with Crippen molar-refractivity contribution in [2.24, 2.45) is 10.7 Å². The number of aromatic nitrogens is 2. The Labute approximate surface area is 199 Å². The molecule has 1 aromatic heterocycles. The lowest BCUT2D eigenvalue weighted by Crippen LogP contribution is -2.19. The quantitative estimate of drug-likeness (QED) is 0.288. The van der Waals surface area contributed by atoms with Gasteiger partial charge in [-0.05, 0) is 31.2 Å². The number of ether oxygens (including phenoxy) is 1. The van der Waals surface area contributed by atoms with E-state index in [1.165, 1.54) is 12.1 Å². The van der Waals surface area contributed by atoms with Crippen molar-refractivity contribution in [3.63, 3.8) is 0 Å². The molecule has 1 heterocycles. The molecule has 0 fully saturated rings. The smallest absolute Gasteiger partial charge is 0.355 e. The summed E-state index contributed by atoms with van der Waals surface area (Å²) in [4.78, 5) is 20.8. The van der Waals surface area contributed by atoms with E-state index in [0.29, 0.717) is 16.3 Å². The van der Waals surface area contributed by atoms with Gasteiger partial charge in [0.25, 0.3) is 5.89 Å². The average molecular weight is 509 g/mol. The van der Waals surface area contributed by atoms with Gasteiger partial charge >= 0.3 is 5.97 Å². The molecule has 0 saturated heterocycles. The van der Waals surface area contributed by atoms with Gasteiger partial charge in [0.15, 0.2) is 9.84 Å². The maximum absolute atomic E-state index is 12.1. The molecule has 12 heteroatoms. The lowest BCUT2D eigenvalue weighted by molar-refractivity contribution is -0.138.